The van der Waals surface area contributed by atoms with E-state index >= 15 is 0 Å². The minimum Gasteiger partial charge on any atom is -0.372 e. The van der Waals surface area contributed by atoms with Crippen LogP contribution in [0, 0.1) is 5.92 Å². The molecule has 34 heavy (non-hydrogen) atoms. The van der Waals surface area contributed by atoms with Gasteiger partial charge >= 0.3 is 0 Å². The van der Waals surface area contributed by atoms with Crippen molar-refractivity contribution in [3.63, 3.8) is 0 Å². The number of hydrogen-bond acceptors (Lipinski definition) is 6. The molecular formula is C28H46O6. The zero-order valence-electron chi connectivity index (χ0n) is 21.1. The summed E-state index contributed by atoms with van der Waals surface area (Å²) < 4.78 is 38.2. The van der Waals surface area contributed by atoms with Gasteiger partial charge in [0.2, 0.25) is 0 Å². The summed E-state index contributed by atoms with van der Waals surface area (Å²) in [6, 6.07) is 0. The molecule has 0 spiro atoms. The van der Waals surface area contributed by atoms with Gasteiger partial charge in [-0.3, -0.25) is 0 Å². The van der Waals surface area contributed by atoms with Crippen LogP contribution in [0.15, 0.2) is 0 Å². The van der Waals surface area contributed by atoms with Gasteiger partial charge in [0.05, 0.1) is 56.4 Å². The maximum atomic E-state index is 7.11. The van der Waals surface area contributed by atoms with E-state index in [1.165, 1.54) is 57.8 Å². The Morgan fingerprint density at radius 3 is 0.971 bits per heavy atom. The second-order valence-corrected chi connectivity index (χ2v) is 12.1. The molecule has 0 aromatic carbocycles. The molecule has 3 aliphatic carbocycles. The van der Waals surface area contributed by atoms with E-state index in [-0.39, 0.29) is 41.0 Å². The molecule has 0 aromatic rings. The van der Waals surface area contributed by atoms with Gasteiger partial charge < -0.3 is 28.4 Å². The summed E-state index contributed by atoms with van der Waals surface area (Å²) >= 11 is 0. The Labute approximate surface area is 205 Å². The molecule has 0 amide bonds. The third-order valence-corrected chi connectivity index (χ3v) is 9.56. The first-order valence-corrected chi connectivity index (χ1v) is 14.5. The lowest BCUT2D eigenvalue weighted by atomic mass is 9.55. The standard InChI is InChI=1S/C28H46O6/c1-4-10-26(11-5-1,32-19-22-16-29-22)25(27(12-6-2-7-13-27)33-20-23-17-30-23)28(14-8-3-9-15-28)34-21-24-18-31-24/h22-25H,1-21H2. The highest BCUT2D eigenvalue weighted by Crippen LogP contribution is 2.58. The van der Waals surface area contributed by atoms with Crippen molar-refractivity contribution in [2.45, 2.75) is 131 Å². The van der Waals surface area contributed by atoms with E-state index in [4.69, 9.17) is 28.4 Å². The Bertz CT molecular complexity index is 561. The van der Waals surface area contributed by atoms with Gasteiger partial charge in [-0.2, -0.15) is 0 Å². The highest BCUT2D eigenvalue weighted by Gasteiger charge is 2.63. The van der Waals surface area contributed by atoms with Crippen LogP contribution in [0.2, 0.25) is 0 Å². The van der Waals surface area contributed by atoms with Crippen LogP contribution in [-0.2, 0) is 28.4 Å². The number of epoxide rings is 3. The van der Waals surface area contributed by atoms with Crippen molar-refractivity contribution in [1.29, 1.82) is 0 Å². The van der Waals surface area contributed by atoms with Crippen LogP contribution in [-0.4, -0.2) is 74.8 Å². The molecule has 6 nitrogen and oxygen atoms in total. The van der Waals surface area contributed by atoms with Gasteiger partial charge in [-0.1, -0.05) is 57.8 Å². The first kappa shape index (κ1) is 24.1. The Morgan fingerprint density at radius 1 is 0.471 bits per heavy atom. The largest absolute Gasteiger partial charge is 0.372 e. The fraction of sp³-hybridized carbons (Fsp3) is 1.00. The molecule has 3 aliphatic heterocycles. The molecule has 6 rings (SSSR count). The zero-order valence-corrected chi connectivity index (χ0v) is 21.1. The van der Waals surface area contributed by atoms with Crippen LogP contribution in [0.3, 0.4) is 0 Å². The van der Waals surface area contributed by atoms with Gasteiger partial charge in [-0.25, -0.2) is 0 Å². The lowest BCUT2D eigenvalue weighted by Crippen LogP contribution is -2.67. The molecular weight excluding hydrogens is 432 g/mol. The average molecular weight is 479 g/mol. The second kappa shape index (κ2) is 10.3. The van der Waals surface area contributed by atoms with Crippen LogP contribution in [0.5, 0.6) is 0 Å². The number of rotatable bonds is 12. The summed E-state index contributed by atoms with van der Waals surface area (Å²) in [5, 5.41) is 0. The fourth-order valence-corrected chi connectivity index (χ4v) is 7.71. The first-order valence-electron chi connectivity index (χ1n) is 14.5. The number of ether oxygens (including phenoxy) is 6. The predicted octanol–water partition coefficient (Wildman–Crippen LogP) is 4.96. The maximum absolute atomic E-state index is 7.11. The SMILES string of the molecule is C1CCC(OCC2CO2)(C(C2(OCC3CO3)CCCCC2)C2(OCC3CO3)CCCCC2)CC1. The summed E-state index contributed by atoms with van der Waals surface area (Å²) in [4.78, 5) is 0. The summed E-state index contributed by atoms with van der Waals surface area (Å²) in [5.74, 6) is 0.254. The van der Waals surface area contributed by atoms with Crippen LogP contribution >= 0.6 is 0 Å². The minimum atomic E-state index is -0.187. The van der Waals surface area contributed by atoms with Gasteiger partial charge in [-0.15, -0.1) is 0 Å². The molecule has 3 heterocycles. The van der Waals surface area contributed by atoms with Crippen molar-refractivity contribution in [1.82, 2.24) is 0 Å². The fourth-order valence-electron chi connectivity index (χ4n) is 7.71. The van der Waals surface area contributed by atoms with Crippen LogP contribution in [0.25, 0.3) is 0 Å². The zero-order chi connectivity index (χ0) is 22.9. The van der Waals surface area contributed by atoms with E-state index in [0.717, 1.165) is 78.2 Å². The molecule has 3 saturated heterocycles. The average Bonchev–Trinajstić information content (AvgIpc) is 3.71. The van der Waals surface area contributed by atoms with Gasteiger partial charge in [0.15, 0.2) is 0 Å². The minimum absolute atomic E-state index is 0.187. The quantitative estimate of drug-likeness (QED) is 0.370. The molecule has 0 radical (unpaired) electrons. The Hall–Kier alpha value is -0.240. The predicted molar refractivity (Wildman–Crippen MR) is 128 cm³/mol. The summed E-state index contributed by atoms with van der Waals surface area (Å²) in [6.45, 7) is 4.71. The maximum Gasteiger partial charge on any atom is 0.104 e. The van der Waals surface area contributed by atoms with Crippen molar-refractivity contribution < 1.29 is 28.4 Å². The highest BCUT2D eigenvalue weighted by atomic mass is 16.6. The van der Waals surface area contributed by atoms with E-state index in [0.29, 0.717) is 0 Å². The molecule has 6 fully saturated rings. The Kier molecular flexibility index (Phi) is 7.28. The van der Waals surface area contributed by atoms with E-state index < -0.39 is 0 Å². The third-order valence-electron chi connectivity index (χ3n) is 9.56. The van der Waals surface area contributed by atoms with E-state index in [2.05, 4.69) is 0 Å². The molecule has 6 heteroatoms. The van der Waals surface area contributed by atoms with Gasteiger partial charge in [0, 0.05) is 5.92 Å². The highest BCUT2D eigenvalue weighted by molar-refractivity contribution is 5.13. The van der Waals surface area contributed by atoms with Crippen molar-refractivity contribution in [3.05, 3.63) is 0 Å². The van der Waals surface area contributed by atoms with Crippen molar-refractivity contribution in [2.75, 3.05) is 39.6 Å². The van der Waals surface area contributed by atoms with E-state index in [1.807, 2.05) is 0 Å². The molecule has 0 N–H and O–H groups in total. The van der Waals surface area contributed by atoms with Crippen LogP contribution < -0.4 is 0 Å². The van der Waals surface area contributed by atoms with E-state index in [9.17, 15) is 0 Å². The molecule has 0 bridgehead atoms. The molecule has 3 atom stereocenters. The summed E-state index contributed by atoms with van der Waals surface area (Å²) in [7, 11) is 0. The van der Waals surface area contributed by atoms with Crippen molar-refractivity contribution in [2.24, 2.45) is 5.92 Å². The molecule has 3 unspecified atom stereocenters. The third kappa shape index (κ3) is 5.38. The Balaban J connectivity index is 1.39. The van der Waals surface area contributed by atoms with Crippen molar-refractivity contribution >= 4 is 0 Å². The topological polar surface area (TPSA) is 65.3 Å². The lowest BCUT2D eigenvalue weighted by Gasteiger charge is -2.60. The monoisotopic (exact) mass is 478 g/mol. The van der Waals surface area contributed by atoms with Gasteiger partial charge in [0.1, 0.15) is 18.3 Å². The summed E-state index contributed by atoms with van der Waals surface area (Å²) in [6.07, 6.45) is 19.0. The van der Waals surface area contributed by atoms with Crippen molar-refractivity contribution in [3.8, 4) is 0 Å². The Morgan fingerprint density at radius 2 is 0.735 bits per heavy atom. The molecule has 6 aliphatic rings. The van der Waals surface area contributed by atoms with E-state index in [1.54, 1.807) is 0 Å². The van der Waals surface area contributed by atoms with Gasteiger partial charge in [0.25, 0.3) is 0 Å². The molecule has 194 valence electrons. The van der Waals surface area contributed by atoms with Crippen LogP contribution in [0.4, 0.5) is 0 Å². The smallest absolute Gasteiger partial charge is 0.104 e. The van der Waals surface area contributed by atoms with Crippen LogP contribution in [0.1, 0.15) is 96.3 Å². The normalized spacial score (nSPS) is 36.5. The summed E-state index contributed by atoms with van der Waals surface area (Å²) in [5.41, 5.74) is -0.560. The first-order chi connectivity index (χ1) is 16.7. The molecule has 0 aromatic heterocycles. The lowest BCUT2D eigenvalue weighted by molar-refractivity contribution is -0.274. The number of hydrogen-bond donors (Lipinski definition) is 0. The second-order valence-electron chi connectivity index (χ2n) is 12.1. The van der Waals surface area contributed by atoms with Gasteiger partial charge in [-0.05, 0) is 38.5 Å². The molecule has 3 saturated carbocycles.